The average Bonchev–Trinajstić information content (AvgIpc) is 2.66. The second-order valence-corrected chi connectivity index (χ2v) is 8.15. The highest BCUT2D eigenvalue weighted by molar-refractivity contribution is 9.10. The third-order valence-corrected chi connectivity index (χ3v) is 5.29. The van der Waals surface area contributed by atoms with Crippen molar-refractivity contribution in [3.8, 4) is 0 Å². The number of hydrogen-bond acceptors (Lipinski definition) is 6. The Morgan fingerprint density at radius 2 is 1.90 bits per heavy atom. The fourth-order valence-electron chi connectivity index (χ4n) is 2.94. The lowest BCUT2D eigenvalue weighted by Crippen LogP contribution is -2.60. The molecule has 1 aliphatic rings. The summed E-state index contributed by atoms with van der Waals surface area (Å²) in [7, 11) is 0. The predicted molar refractivity (Wildman–Crippen MR) is 104 cm³/mol. The molecule has 0 unspecified atom stereocenters. The molecule has 0 saturated carbocycles. The Balaban J connectivity index is 1.92. The van der Waals surface area contributed by atoms with E-state index in [1.165, 1.54) is 31.5 Å². The van der Waals surface area contributed by atoms with Gasteiger partial charge in [0.1, 0.15) is 17.2 Å². The van der Waals surface area contributed by atoms with E-state index in [1.54, 1.807) is 0 Å². The van der Waals surface area contributed by atoms with E-state index in [0.29, 0.717) is 10.0 Å². The molecule has 0 spiro atoms. The van der Waals surface area contributed by atoms with Crippen LogP contribution in [0.4, 0.5) is 17.6 Å². The highest BCUT2D eigenvalue weighted by Gasteiger charge is 2.59. The molecule has 30 heavy (non-hydrogen) atoms. The van der Waals surface area contributed by atoms with Crippen LogP contribution in [0.25, 0.3) is 0 Å². The first kappa shape index (κ1) is 22.3. The Labute approximate surface area is 177 Å². The SMILES string of the molecule is C[C@@]1(c2cc(CC(=O)c3ncc(Br)cn3)ccc2F)CO[C@@](C)(C(F)(F)F)C(N)=N1. The maximum absolute atomic E-state index is 14.6. The molecule has 1 aromatic carbocycles. The zero-order valence-electron chi connectivity index (χ0n) is 15.9. The number of ether oxygens (including phenoxy) is 1. The highest BCUT2D eigenvalue weighted by atomic mass is 79.9. The van der Waals surface area contributed by atoms with E-state index in [0.717, 1.165) is 13.0 Å². The summed E-state index contributed by atoms with van der Waals surface area (Å²) in [6.45, 7) is 1.64. The Bertz CT molecular complexity index is 1010. The van der Waals surface area contributed by atoms with E-state index in [1.807, 2.05) is 0 Å². The summed E-state index contributed by atoms with van der Waals surface area (Å²) in [6, 6.07) is 3.88. The summed E-state index contributed by atoms with van der Waals surface area (Å²) >= 11 is 3.17. The third kappa shape index (κ3) is 4.08. The second kappa shape index (κ2) is 7.69. The molecular formula is C19H17BrF4N4O2. The van der Waals surface area contributed by atoms with Gasteiger partial charge in [-0.2, -0.15) is 13.2 Å². The van der Waals surface area contributed by atoms with Gasteiger partial charge in [-0.3, -0.25) is 9.79 Å². The van der Waals surface area contributed by atoms with Gasteiger partial charge in [-0.05, 0) is 47.5 Å². The van der Waals surface area contributed by atoms with Crippen LogP contribution in [0.5, 0.6) is 0 Å². The molecule has 3 rings (SSSR count). The van der Waals surface area contributed by atoms with Crippen LogP contribution in [0.15, 0.2) is 40.1 Å². The second-order valence-electron chi connectivity index (χ2n) is 7.23. The first-order valence-corrected chi connectivity index (χ1v) is 9.51. The highest BCUT2D eigenvalue weighted by Crippen LogP contribution is 2.41. The maximum Gasteiger partial charge on any atom is 0.424 e. The molecule has 1 aliphatic heterocycles. The van der Waals surface area contributed by atoms with Gasteiger partial charge in [-0.1, -0.05) is 6.07 Å². The van der Waals surface area contributed by atoms with Crippen molar-refractivity contribution in [1.29, 1.82) is 0 Å². The first-order valence-electron chi connectivity index (χ1n) is 8.72. The topological polar surface area (TPSA) is 90.5 Å². The van der Waals surface area contributed by atoms with Crippen molar-refractivity contribution in [2.75, 3.05) is 6.61 Å². The van der Waals surface area contributed by atoms with E-state index in [4.69, 9.17) is 10.5 Å². The van der Waals surface area contributed by atoms with Crippen LogP contribution >= 0.6 is 15.9 Å². The Morgan fingerprint density at radius 3 is 2.47 bits per heavy atom. The lowest BCUT2D eigenvalue weighted by atomic mass is 9.88. The largest absolute Gasteiger partial charge is 0.424 e. The van der Waals surface area contributed by atoms with Gasteiger partial charge in [0, 0.05) is 24.4 Å². The van der Waals surface area contributed by atoms with E-state index in [-0.39, 0.29) is 17.8 Å². The minimum atomic E-state index is -4.78. The number of ketones is 1. The molecule has 0 bridgehead atoms. The van der Waals surface area contributed by atoms with E-state index in [2.05, 4.69) is 30.9 Å². The number of nitrogens with zero attached hydrogens (tertiary/aromatic N) is 3. The lowest BCUT2D eigenvalue weighted by Gasteiger charge is -2.41. The van der Waals surface area contributed by atoms with Crippen molar-refractivity contribution in [2.45, 2.75) is 37.6 Å². The molecule has 11 heteroatoms. The molecule has 0 radical (unpaired) electrons. The normalized spacial score (nSPS) is 24.4. The molecule has 0 amide bonds. The summed E-state index contributed by atoms with van der Waals surface area (Å²) in [5.41, 5.74) is 1.72. The molecule has 1 aromatic heterocycles. The fraction of sp³-hybridized carbons (Fsp3) is 0.368. The van der Waals surface area contributed by atoms with Crippen LogP contribution in [0.1, 0.15) is 35.6 Å². The van der Waals surface area contributed by atoms with Crippen LogP contribution in [0.3, 0.4) is 0 Å². The Kier molecular flexibility index (Phi) is 5.72. The average molecular weight is 489 g/mol. The summed E-state index contributed by atoms with van der Waals surface area (Å²) in [5, 5.41) is 0. The number of Topliss-reactive ketones (excluding diaryl/α,β-unsaturated/α-hetero) is 1. The van der Waals surface area contributed by atoms with Crippen molar-refractivity contribution >= 4 is 27.5 Å². The minimum absolute atomic E-state index is 0.0144. The van der Waals surface area contributed by atoms with Gasteiger partial charge in [-0.15, -0.1) is 0 Å². The van der Waals surface area contributed by atoms with Crippen LogP contribution in [0.2, 0.25) is 0 Å². The van der Waals surface area contributed by atoms with Gasteiger partial charge < -0.3 is 10.5 Å². The van der Waals surface area contributed by atoms with Crippen LogP contribution < -0.4 is 5.73 Å². The van der Waals surface area contributed by atoms with Crippen molar-refractivity contribution in [2.24, 2.45) is 10.7 Å². The number of carbonyl (C=O) groups excluding carboxylic acids is 1. The summed E-state index contributed by atoms with van der Waals surface area (Å²) in [6.07, 6.45) is -2.07. The van der Waals surface area contributed by atoms with Crippen LogP contribution in [-0.4, -0.2) is 40.0 Å². The van der Waals surface area contributed by atoms with Gasteiger partial charge in [0.2, 0.25) is 11.4 Å². The van der Waals surface area contributed by atoms with Crippen LogP contribution in [0, 0.1) is 5.82 Å². The number of rotatable bonds is 4. The van der Waals surface area contributed by atoms with E-state index < -0.39 is 41.4 Å². The Morgan fingerprint density at radius 1 is 1.27 bits per heavy atom. The number of aliphatic imine (C=N–C) groups is 1. The molecule has 2 aromatic rings. The number of hydrogen-bond donors (Lipinski definition) is 1. The van der Waals surface area contributed by atoms with Gasteiger partial charge in [0.15, 0.2) is 5.82 Å². The summed E-state index contributed by atoms with van der Waals surface area (Å²) < 4.78 is 60.1. The molecular weight excluding hydrogens is 472 g/mol. The molecule has 6 nitrogen and oxygen atoms in total. The van der Waals surface area contributed by atoms with Crippen molar-refractivity contribution < 1.29 is 27.1 Å². The quantitative estimate of drug-likeness (QED) is 0.523. The maximum atomic E-state index is 14.6. The molecule has 160 valence electrons. The number of aromatic nitrogens is 2. The van der Waals surface area contributed by atoms with Gasteiger partial charge in [0.25, 0.3) is 0 Å². The molecule has 0 saturated heterocycles. The zero-order chi connectivity index (χ0) is 22.3. The van der Waals surface area contributed by atoms with E-state index >= 15 is 0 Å². The summed E-state index contributed by atoms with van der Waals surface area (Å²) in [5.74, 6) is -1.92. The molecule has 0 aliphatic carbocycles. The van der Waals surface area contributed by atoms with E-state index in [9.17, 15) is 22.4 Å². The van der Waals surface area contributed by atoms with Gasteiger partial charge >= 0.3 is 6.18 Å². The monoisotopic (exact) mass is 488 g/mol. The number of amidine groups is 1. The van der Waals surface area contributed by atoms with Gasteiger partial charge in [0.05, 0.1) is 11.1 Å². The molecule has 2 atom stereocenters. The fourth-order valence-corrected chi connectivity index (χ4v) is 3.15. The molecule has 2 heterocycles. The third-order valence-electron chi connectivity index (χ3n) is 4.88. The standard InChI is InChI=1S/C19H17BrF4N4O2/c1-17(9-30-18(2,16(25)28-17)19(22,23)24)12-5-10(3-4-13(12)21)6-14(29)15-26-7-11(20)8-27-15/h3-5,7-8H,6,9H2,1-2H3,(H2,25,28)/t17-,18+/m0/s1. The molecule has 2 N–H and O–H groups in total. The first-order chi connectivity index (χ1) is 13.9. The number of carbonyl (C=O) groups is 1. The lowest BCUT2D eigenvalue weighted by molar-refractivity contribution is -0.249. The smallest absolute Gasteiger partial charge is 0.385 e. The van der Waals surface area contributed by atoms with Crippen molar-refractivity contribution in [1.82, 2.24) is 9.97 Å². The Hall–Kier alpha value is -2.40. The molecule has 0 fully saturated rings. The van der Waals surface area contributed by atoms with Crippen molar-refractivity contribution in [3.63, 3.8) is 0 Å². The minimum Gasteiger partial charge on any atom is -0.385 e. The number of benzene rings is 1. The summed E-state index contributed by atoms with van der Waals surface area (Å²) in [4.78, 5) is 24.2. The van der Waals surface area contributed by atoms with Crippen LogP contribution in [-0.2, 0) is 16.7 Å². The predicted octanol–water partition coefficient (Wildman–Crippen LogP) is 3.73. The zero-order valence-corrected chi connectivity index (χ0v) is 17.5. The number of alkyl halides is 3. The van der Waals surface area contributed by atoms with Crippen molar-refractivity contribution in [3.05, 3.63) is 57.8 Å². The van der Waals surface area contributed by atoms with Gasteiger partial charge in [-0.25, -0.2) is 14.4 Å². The number of nitrogens with two attached hydrogens (primary N) is 1. The number of halogens is 5.